The van der Waals surface area contributed by atoms with Crippen LogP contribution in [0.25, 0.3) is 11.0 Å². The molecule has 0 radical (unpaired) electrons. The molecule has 0 amide bonds. The third kappa shape index (κ3) is 1.42. The summed E-state index contributed by atoms with van der Waals surface area (Å²) in [7, 11) is 0. The summed E-state index contributed by atoms with van der Waals surface area (Å²) in [6.07, 6.45) is 4.67. The molecule has 3 nitrogen and oxygen atoms in total. The smallest absolute Gasteiger partial charge is 0.137 e. The van der Waals surface area contributed by atoms with Crippen molar-refractivity contribution < 1.29 is 0 Å². The van der Waals surface area contributed by atoms with Gasteiger partial charge in [0.1, 0.15) is 5.65 Å². The molecule has 3 N–H and O–H groups in total. The Morgan fingerprint density at radius 1 is 1.62 bits per heavy atom. The van der Waals surface area contributed by atoms with E-state index in [1.165, 1.54) is 0 Å². The lowest BCUT2D eigenvalue weighted by atomic mass is 10.1. The van der Waals surface area contributed by atoms with Crippen LogP contribution in [0.2, 0.25) is 0 Å². The van der Waals surface area contributed by atoms with Crippen LogP contribution >= 0.6 is 0 Å². The van der Waals surface area contributed by atoms with Crippen LogP contribution in [-0.4, -0.2) is 9.97 Å². The highest BCUT2D eigenvalue weighted by Crippen LogP contribution is 2.17. The van der Waals surface area contributed by atoms with Gasteiger partial charge in [-0.1, -0.05) is 6.92 Å². The molecule has 0 aliphatic carbocycles. The molecule has 2 rings (SSSR count). The highest BCUT2D eigenvalue weighted by atomic mass is 14.8. The van der Waals surface area contributed by atoms with E-state index in [1.807, 2.05) is 18.5 Å². The summed E-state index contributed by atoms with van der Waals surface area (Å²) in [4.78, 5) is 7.33. The van der Waals surface area contributed by atoms with E-state index >= 15 is 0 Å². The monoisotopic (exact) mass is 175 g/mol. The Balaban J connectivity index is 2.48. The molecule has 1 atom stereocenters. The third-order valence-electron chi connectivity index (χ3n) is 2.29. The fourth-order valence-electron chi connectivity index (χ4n) is 1.40. The lowest BCUT2D eigenvalue weighted by molar-refractivity contribution is 0.697. The molecule has 0 aromatic carbocycles. The Bertz CT molecular complexity index is 405. The molecule has 0 fully saturated rings. The van der Waals surface area contributed by atoms with Gasteiger partial charge in [-0.15, -0.1) is 0 Å². The number of nitrogens with one attached hydrogen (secondary N) is 1. The van der Waals surface area contributed by atoms with E-state index in [1.54, 1.807) is 0 Å². The number of nitrogens with two attached hydrogens (primary N) is 1. The topological polar surface area (TPSA) is 54.7 Å². The van der Waals surface area contributed by atoms with Crippen LogP contribution in [0.5, 0.6) is 0 Å². The van der Waals surface area contributed by atoms with Crippen molar-refractivity contribution >= 4 is 11.0 Å². The van der Waals surface area contributed by atoms with Gasteiger partial charge in [-0.3, -0.25) is 0 Å². The Hall–Kier alpha value is -1.35. The zero-order chi connectivity index (χ0) is 9.26. The zero-order valence-electron chi connectivity index (χ0n) is 7.62. The van der Waals surface area contributed by atoms with Crippen LogP contribution < -0.4 is 5.73 Å². The number of pyridine rings is 1. The lowest BCUT2D eigenvalue weighted by Gasteiger charge is -2.07. The average molecular weight is 175 g/mol. The second-order valence-corrected chi connectivity index (χ2v) is 3.20. The Morgan fingerprint density at radius 2 is 2.46 bits per heavy atom. The standard InChI is InChI=1S/C10H13N3/c1-2-9(11)8-5-7-3-4-12-10(7)13-6-8/h3-6,9H,2,11H2,1H3,(H,12,13)/t9-/m1/s1. The van der Waals surface area contributed by atoms with Crippen molar-refractivity contribution in [2.45, 2.75) is 19.4 Å². The molecule has 13 heavy (non-hydrogen) atoms. The number of hydrogen-bond donors (Lipinski definition) is 2. The van der Waals surface area contributed by atoms with Gasteiger partial charge >= 0.3 is 0 Å². The maximum absolute atomic E-state index is 5.90. The Kier molecular flexibility index (Phi) is 2.02. The van der Waals surface area contributed by atoms with E-state index in [2.05, 4.69) is 23.0 Å². The van der Waals surface area contributed by atoms with Crippen molar-refractivity contribution in [1.82, 2.24) is 9.97 Å². The summed E-state index contributed by atoms with van der Waals surface area (Å²) in [5, 5.41) is 1.13. The van der Waals surface area contributed by atoms with E-state index in [-0.39, 0.29) is 6.04 Å². The molecule has 0 aliphatic heterocycles. The first-order chi connectivity index (χ1) is 6.31. The van der Waals surface area contributed by atoms with Crippen molar-refractivity contribution in [2.75, 3.05) is 0 Å². The number of rotatable bonds is 2. The van der Waals surface area contributed by atoms with Crippen molar-refractivity contribution in [3.63, 3.8) is 0 Å². The molecule has 0 spiro atoms. The molecule has 0 bridgehead atoms. The van der Waals surface area contributed by atoms with Gasteiger partial charge in [0.25, 0.3) is 0 Å². The van der Waals surface area contributed by atoms with Crippen LogP contribution in [-0.2, 0) is 0 Å². The van der Waals surface area contributed by atoms with Crippen molar-refractivity contribution in [2.24, 2.45) is 5.73 Å². The zero-order valence-corrected chi connectivity index (χ0v) is 7.62. The number of aromatic nitrogens is 2. The molecule has 0 saturated heterocycles. The molecular formula is C10H13N3. The fraction of sp³-hybridized carbons (Fsp3) is 0.300. The van der Waals surface area contributed by atoms with Crippen LogP contribution in [0.3, 0.4) is 0 Å². The molecule has 68 valence electrons. The normalized spacial score (nSPS) is 13.4. The fourth-order valence-corrected chi connectivity index (χ4v) is 1.40. The highest BCUT2D eigenvalue weighted by molar-refractivity contribution is 5.75. The molecule has 3 heteroatoms. The Morgan fingerprint density at radius 3 is 3.23 bits per heavy atom. The first-order valence-electron chi connectivity index (χ1n) is 4.50. The summed E-state index contributed by atoms with van der Waals surface area (Å²) in [5.74, 6) is 0. The van der Waals surface area contributed by atoms with Crippen molar-refractivity contribution in [3.05, 3.63) is 30.1 Å². The van der Waals surface area contributed by atoms with Gasteiger partial charge in [0.2, 0.25) is 0 Å². The number of fused-ring (bicyclic) bond motifs is 1. The molecular weight excluding hydrogens is 162 g/mol. The summed E-state index contributed by atoms with van der Waals surface area (Å²) >= 11 is 0. The van der Waals surface area contributed by atoms with E-state index in [9.17, 15) is 0 Å². The third-order valence-corrected chi connectivity index (χ3v) is 2.29. The number of nitrogens with zero attached hydrogens (tertiary/aromatic N) is 1. The van der Waals surface area contributed by atoms with E-state index in [4.69, 9.17) is 5.73 Å². The predicted molar refractivity (Wildman–Crippen MR) is 53.3 cm³/mol. The predicted octanol–water partition coefficient (Wildman–Crippen LogP) is 1.97. The van der Waals surface area contributed by atoms with Gasteiger partial charge in [-0.25, -0.2) is 4.98 Å². The van der Waals surface area contributed by atoms with Gasteiger partial charge in [-0.05, 0) is 24.1 Å². The van der Waals surface area contributed by atoms with E-state index < -0.39 is 0 Å². The summed E-state index contributed by atoms with van der Waals surface area (Å²) < 4.78 is 0. The van der Waals surface area contributed by atoms with Gasteiger partial charge < -0.3 is 10.7 Å². The van der Waals surface area contributed by atoms with E-state index in [0.717, 1.165) is 23.0 Å². The lowest BCUT2D eigenvalue weighted by Crippen LogP contribution is -2.08. The number of H-pyrrole nitrogens is 1. The minimum Gasteiger partial charge on any atom is -0.346 e. The van der Waals surface area contributed by atoms with Gasteiger partial charge in [0, 0.05) is 23.8 Å². The summed E-state index contributed by atoms with van der Waals surface area (Å²) in [6, 6.07) is 4.20. The molecule has 2 aromatic rings. The van der Waals surface area contributed by atoms with E-state index in [0.29, 0.717) is 0 Å². The molecule has 0 saturated carbocycles. The van der Waals surface area contributed by atoms with Gasteiger partial charge in [0.15, 0.2) is 0 Å². The van der Waals surface area contributed by atoms with Crippen LogP contribution in [0.4, 0.5) is 0 Å². The first-order valence-corrected chi connectivity index (χ1v) is 4.50. The summed E-state index contributed by atoms with van der Waals surface area (Å²) in [6.45, 7) is 2.08. The number of aromatic amines is 1. The SMILES string of the molecule is CC[C@@H](N)c1cnc2[nH]ccc2c1. The maximum atomic E-state index is 5.90. The quantitative estimate of drug-likeness (QED) is 0.733. The Labute approximate surface area is 77.0 Å². The number of hydrogen-bond acceptors (Lipinski definition) is 2. The highest BCUT2D eigenvalue weighted by Gasteiger charge is 2.04. The first kappa shape index (κ1) is 8.26. The molecule has 0 unspecified atom stereocenters. The molecule has 0 aliphatic rings. The maximum Gasteiger partial charge on any atom is 0.137 e. The van der Waals surface area contributed by atoms with Gasteiger partial charge in [0.05, 0.1) is 0 Å². The average Bonchev–Trinajstić information content (AvgIpc) is 2.63. The largest absolute Gasteiger partial charge is 0.346 e. The summed E-state index contributed by atoms with van der Waals surface area (Å²) in [5.41, 5.74) is 7.93. The minimum absolute atomic E-state index is 0.104. The van der Waals surface area contributed by atoms with Gasteiger partial charge in [-0.2, -0.15) is 0 Å². The van der Waals surface area contributed by atoms with Crippen molar-refractivity contribution in [3.8, 4) is 0 Å². The van der Waals surface area contributed by atoms with Crippen LogP contribution in [0, 0.1) is 0 Å². The molecule has 2 aromatic heterocycles. The van der Waals surface area contributed by atoms with Crippen LogP contribution in [0.15, 0.2) is 24.5 Å². The second-order valence-electron chi connectivity index (χ2n) is 3.20. The van der Waals surface area contributed by atoms with Crippen molar-refractivity contribution in [1.29, 1.82) is 0 Å². The van der Waals surface area contributed by atoms with Crippen LogP contribution in [0.1, 0.15) is 24.9 Å². The molecule has 2 heterocycles. The minimum atomic E-state index is 0.104. The second kappa shape index (κ2) is 3.18.